The lowest BCUT2D eigenvalue weighted by molar-refractivity contribution is -0.00344. The van der Waals surface area contributed by atoms with Gasteiger partial charge in [0.1, 0.15) is 5.76 Å². The van der Waals surface area contributed by atoms with Crippen molar-refractivity contribution in [2.24, 2.45) is 0 Å². The quantitative estimate of drug-likeness (QED) is 0.875. The van der Waals surface area contributed by atoms with E-state index in [9.17, 15) is 0 Å². The van der Waals surface area contributed by atoms with Gasteiger partial charge in [-0.15, -0.1) is 0 Å². The Morgan fingerprint density at radius 1 is 1.39 bits per heavy atom. The molecular weight excluding hydrogens is 228 g/mol. The lowest BCUT2D eigenvalue weighted by Gasteiger charge is -2.30. The van der Waals surface area contributed by atoms with E-state index >= 15 is 0 Å². The van der Waals surface area contributed by atoms with Gasteiger partial charge in [-0.1, -0.05) is 18.5 Å². The highest BCUT2D eigenvalue weighted by Gasteiger charge is 2.22. The summed E-state index contributed by atoms with van der Waals surface area (Å²) in [7, 11) is 0. The summed E-state index contributed by atoms with van der Waals surface area (Å²) in [5, 5.41) is 7.60. The molecule has 1 fully saturated rings. The molecule has 0 aliphatic carbocycles. The Balaban J connectivity index is 1.83. The van der Waals surface area contributed by atoms with Crippen LogP contribution in [0.15, 0.2) is 4.52 Å². The number of aromatic nitrogens is 1. The molecule has 1 aliphatic rings. The van der Waals surface area contributed by atoms with E-state index in [4.69, 9.17) is 9.26 Å². The van der Waals surface area contributed by atoms with Gasteiger partial charge in [-0.2, -0.15) is 0 Å². The molecular formula is C14H24N2O2. The second kappa shape index (κ2) is 6.34. The second-order valence-corrected chi connectivity index (χ2v) is 5.19. The molecule has 1 saturated heterocycles. The average molecular weight is 252 g/mol. The van der Waals surface area contributed by atoms with Crippen LogP contribution in [0.3, 0.4) is 0 Å². The Morgan fingerprint density at radius 2 is 2.22 bits per heavy atom. The summed E-state index contributed by atoms with van der Waals surface area (Å²) in [6.07, 6.45) is 5.02. The Labute approximate surface area is 109 Å². The molecule has 0 spiro atoms. The molecule has 1 aromatic heterocycles. The van der Waals surface area contributed by atoms with E-state index in [1.54, 1.807) is 0 Å². The number of aryl methyl sites for hydroxylation is 2. The highest BCUT2D eigenvalue weighted by molar-refractivity contribution is 5.20. The smallest absolute Gasteiger partial charge is 0.138 e. The lowest BCUT2D eigenvalue weighted by Crippen LogP contribution is -2.38. The highest BCUT2D eigenvalue weighted by Crippen LogP contribution is 2.19. The van der Waals surface area contributed by atoms with Crippen molar-refractivity contribution in [1.29, 1.82) is 0 Å². The number of ether oxygens (including phenoxy) is 1. The number of hydrogen-bond acceptors (Lipinski definition) is 4. The fourth-order valence-electron chi connectivity index (χ4n) is 2.59. The van der Waals surface area contributed by atoms with Gasteiger partial charge in [0, 0.05) is 24.8 Å². The van der Waals surface area contributed by atoms with Crippen molar-refractivity contribution in [3.05, 3.63) is 17.0 Å². The molecule has 2 rings (SSSR count). The first-order valence-corrected chi connectivity index (χ1v) is 6.97. The summed E-state index contributed by atoms with van der Waals surface area (Å²) < 4.78 is 10.9. The number of nitrogens with zero attached hydrogens (tertiary/aromatic N) is 1. The first-order chi connectivity index (χ1) is 8.70. The van der Waals surface area contributed by atoms with Gasteiger partial charge in [0.2, 0.25) is 0 Å². The number of hydrogen-bond donors (Lipinski definition) is 1. The van der Waals surface area contributed by atoms with Crippen molar-refractivity contribution in [3.8, 4) is 0 Å². The van der Waals surface area contributed by atoms with Crippen LogP contribution >= 0.6 is 0 Å². The van der Waals surface area contributed by atoms with Gasteiger partial charge in [-0.25, -0.2) is 0 Å². The molecule has 4 heteroatoms. The highest BCUT2D eigenvalue weighted by atomic mass is 16.5. The Hall–Kier alpha value is -0.870. The minimum atomic E-state index is 0.436. The zero-order valence-corrected chi connectivity index (χ0v) is 11.7. The summed E-state index contributed by atoms with van der Waals surface area (Å²) in [4.78, 5) is 0. The Morgan fingerprint density at radius 3 is 2.89 bits per heavy atom. The van der Waals surface area contributed by atoms with Crippen molar-refractivity contribution < 1.29 is 9.26 Å². The zero-order valence-electron chi connectivity index (χ0n) is 11.7. The zero-order chi connectivity index (χ0) is 13.0. The average Bonchev–Trinajstić information content (AvgIpc) is 2.68. The number of rotatable bonds is 5. The SMILES string of the molecule is CCCC1CC(NCc2c(C)noc2C)CCO1. The molecule has 1 aromatic rings. The van der Waals surface area contributed by atoms with Crippen LogP contribution in [-0.4, -0.2) is 23.9 Å². The molecule has 18 heavy (non-hydrogen) atoms. The van der Waals surface area contributed by atoms with Gasteiger partial charge < -0.3 is 14.6 Å². The fraction of sp³-hybridized carbons (Fsp3) is 0.786. The van der Waals surface area contributed by atoms with E-state index in [0.717, 1.165) is 37.4 Å². The largest absolute Gasteiger partial charge is 0.378 e. The molecule has 0 amide bonds. The van der Waals surface area contributed by atoms with E-state index in [-0.39, 0.29) is 0 Å². The lowest BCUT2D eigenvalue weighted by atomic mass is 10.00. The monoisotopic (exact) mass is 252 g/mol. The first-order valence-electron chi connectivity index (χ1n) is 6.97. The van der Waals surface area contributed by atoms with Gasteiger partial charge in [0.25, 0.3) is 0 Å². The van der Waals surface area contributed by atoms with Crippen LogP contribution in [0.5, 0.6) is 0 Å². The molecule has 2 atom stereocenters. The minimum absolute atomic E-state index is 0.436. The maximum Gasteiger partial charge on any atom is 0.138 e. The van der Waals surface area contributed by atoms with Crippen molar-refractivity contribution >= 4 is 0 Å². The van der Waals surface area contributed by atoms with Crippen LogP contribution in [0, 0.1) is 13.8 Å². The third-order valence-corrected chi connectivity index (χ3v) is 3.73. The van der Waals surface area contributed by atoms with Crippen LogP contribution in [0.4, 0.5) is 0 Å². The molecule has 1 aliphatic heterocycles. The summed E-state index contributed by atoms with van der Waals surface area (Å²) >= 11 is 0. The summed E-state index contributed by atoms with van der Waals surface area (Å²) in [6.45, 7) is 7.91. The van der Waals surface area contributed by atoms with Gasteiger partial charge >= 0.3 is 0 Å². The third kappa shape index (κ3) is 3.33. The van der Waals surface area contributed by atoms with Gasteiger partial charge in [0.15, 0.2) is 0 Å². The van der Waals surface area contributed by atoms with Crippen LogP contribution in [0.2, 0.25) is 0 Å². The number of nitrogens with one attached hydrogen (secondary N) is 1. The van der Waals surface area contributed by atoms with E-state index in [0.29, 0.717) is 12.1 Å². The van der Waals surface area contributed by atoms with Gasteiger partial charge in [0.05, 0.1) is 11.8 Å². The maximum atomic E-state index is 5.76. The molecule has 4 nitrogen and oxygen atoms in total. The van der Waals surface area contributed by atoms with E-state index in [2.05, 4.69) is 17.4 Å². The summed E-state index contributed by atoms with van der Waals surface area (Å²) in [5.74, 6) is 0.928. The van der Waals surface area contributed by atoms with Crippen molar-refractivity contribution in [1.82, 2.24) is 10.5 Å². The van der Waals surface area contributed by atoms with Crippen LogP contribution < -0.4 is 5.32 Å². The van der Waals surface area contributed by atoms with Crippen molar-refractivity contribution in [3.63, 3.8) is 0 Å². The van der Waals surface area contributed by atoms with Crippen LogP contribution in [-0.2, 0) is 11.3 Å². The van der Waals surface area contributed by atoms with Crippen LogP contribution in [0.25, 0.3) is 0 Å². The predicted molar refractivity (Wildman–Crippen MR) is 70.5 cm³/mol. The molecule has 1 N–H and O–H groups in total. The van der Waals surface area contributed by atoms with E-state index < -0.39 is 0 Å². The first kappa shape index (κ1) is 13.6. The summed E-state index contributed by atoms with van der Waals surface area (Å²) in [6, 6.07) is 0.559. The standard InChI is InChI=1S/C14H24N2O2/c1-4-5-13-8-12(6-7-17-13)15-9-14-10(2)16-18-11(14)3/h12-13,15H,4-9H2,1-3H3. The van der Waals surface area contributed by atoms with E-state index in [1.165, 1.54) is 18.4 Å². The van der Waals surface area contributed by atoms with E-state index in [1.807, 2.05) is 13.8 Å². The third-order valence-electron chi connectivity index (χ3n) is 3.73. The van der Waals surface area contributed by atoms with Crippen LogP contribution in [0.1, 0.15) is 49.6 Å². The van der Waals surface area contributed by atoms with Gasteiger partial charge in [-0.3, -0.25) is 0 Å². The predicted octanol–water partition coefficient (Wildman–Crippen LogP) is 2.73. The molecule has 0 bridgehead atoms. The van der Waals surface area contributed by atoms with Gasteiger partial charge in [-0.05, 0) is 33.1 Å². The van der Waals surface area contributed by atoms with Crippen molar-refractivity contribution in [2.45, 2.75) is 65.1 Å². The molecule has 0 saturated carbocycles. The molecule has 0 radical (unpaired) electrons. The Bertz CT molecular complexity index is 354. The fourth-order valence-corrected chi connectivity index (χ4v) is 2.59. The molecule has 2 heterocycles. The second-order valence-electron chi connectivity index (χ2n) is 5.19. The topological polar surface area (TPSA) is 47.3 Å². The Kier molecular flexibility index (Phi) is 4.78. The molecule has 102 valence electrons. The molecule has 2 unspecified atom stereocenters. The maximum absolute atomic E-state index is 5.76. The summed E-state index contributed by atoms with van der Waals surface area (Å²) in [5.41, 5.74) is 2.20. The molecule has 0 aromatic carbocycles. The normalized spacial score (nSPS) is 24.4. The minimum Gasteiger partial charge on any atom is -0.378 e. The van der Waals surface area contributed by atoms with Crippen molar-refractivity contribution in [2.75, 3.05) is 6.61 Å².